The quantitative estimate of drug-likeness (QED) is 0.670. The molecule has 1 aromatic heterocycles. The maximum Gasteiger partial charge on any atom is 0.224 e. The van der Waals surface area contributed by atoms with E-state index in [0.717, 1.165) is 23.0 Å². The number of rotatable bonds is 6. The van der Waals surface area contributed by atoms with Crippen molar-refractivity contribution in [1.82, 2.24) is 9.97 Å². The van der Waals surface area contributed by atoms with Crippen molar-refractivity contribution in [3.05, 3.63) is 60.4 Å². The summed E-state index contributed by atoms with van der Waals surface area (Å²) in [4.78, 5) is 20.2. The van der Waals surface area contributed by atoms with Gasteiger partial charge in [0.1, 0.15) is 12.1 Å². The van der Waals surface area contributed by atoms with Crippen LogP contribution in [-0.4, -0.2) is 22.4 Å². The normalized spacial score (nSPS) is 10.6. The van der Waals surface area contributed by atoms with Gasteiger partial charge in [0.2, 0.25) is 5.91 Å². The number of anilines is 2. The topological polar surface area (TPSA) is 66.9 Å². The van der Waals surface area contributed by atoms with Gasteiger partial charge in [-0.05, 0) is 30.7 Å². The van der Waals surface area contributed by atoms with Crippen LogP contribution < -0.4 is 10.6 Å². The Balaban J connectivity index is 1.49. The fourth-order valence-electron chi connectivity index (χ4n) is 2.40. The molecule has 2 aromatic carbocycles. The first-order valence-corrected chi connectivity index (χ1v) is 7.82. The Morgan fingerprint density at radius 2 is 1.88 bits per heavy atom. The highest BCUT2D eigenvalue weighted by Crippen LogP contribution is 2.18. The average Bonchev–Trinajstić information content (AvgIpc) is 2.62. The highest BCUT2D eigenvalue weighted by molar-refractivity contribution is 5.91. The van der Waals surface area contributed by atoms with Crippen LogP contribution in [0.25, 0.3) is 10.9 Å². The molecule has 5 nitrogen and oxygen atoms in total. The summed E-state index contributed by atoms with van der Waals surface area (Å²) in [6, 6.07) is 10.9. The molecule has 0 atom stereocenters. The van der Waals surface area contributed by atoms with E-state index in [1.54, 1.807) is 0 Å². The van der Waals surface area contributed by atoms with Gasteiger partial charge in [0.15, 0.2) is 11.6 Å². The molecule has 0 saturated carbocycles. The van der Waals surface area contributed by atoms with Crippen LogP contribution in [0.4, 0.5) is 20.3 Å². The maximum absolute atomic E-state index is 13.1. The van der Waals surface area contributed by atoms with E-state index >= 15 is 0 Å². The number of aromatic nitrogens is 2. The molecule has 0 saturated heterocycles. The van der Waals surface area contributed by atoms with E-state index < -0.39 is 11.6 Å². The van der Waals surface area contributed by atoms with Crippen molar-refractivity contribution >= 4 is 28.3 Å². The third kappa shape index (κ3) is 4.26. The summed E-state index contributed by atoms with van der Waals surface area (Å²) in [6.07, 6.45) is 2.29. The van der Waals surface area contributed by atoms with Gasteiger partial charge in [0.05, 0.1) is 5.52 Å². The number of nitrogens with one attached hydrogen (secondary N) is 2. The lowest BCUT2D eigenvalue weighted by molar-refractivity contribution is -0.116. The predicted octanol–water partition coefficient (Wildman–Crippen LogP) is 3.74. The highest BCUT2D eigenvalue weighted by atomic mass is 19.2. The molecule has 2 N–H and O–H groups in total. The summed E-state index contributed by atoms with van der Waals surface area (Å²) in [6.45, 7) is 0.548. The van der Waals surface area contributed by atoms with Crippen molar-refractivity contribution in [1.29, 1.82) is 0 Å². The number of hydrogen-bond donors (Lipinski definition) is 2. The predicted molar refractivity (Wildman–Crippen MR) is 92.2 cm³/mol. The Morgan fingerprint density at radius 1 is 1.04 bits per heavy atom. The fourth-order valence-corrected chi connectivity index (χ4v) is 2.40. The van der Waals surface area contributed by atoms with Crippen LogP contribution >= 0.6 is 0 Å². The molecule has 0 aliphatic rings. The number of halogens is 2. The lowest BCUT2D eigenvalue weighted by atomic mass is 10.2. The average molecular weight is 342 g/mol. The molecule has 0 fully saturated rings. The van der Waals surface area contributed by atoms with Gasteiger partial charge in [0.25, 0.3) is 0 Å². The van der Waals surface area contributed by atoms with Crippen LogP contribution in [-0.2, 0) is 4.79 Å². The molecule has 0 spiro atoms. The van der Waals surface area contributed by atoms with Gasteiger partial charge in [-0.25, -0.2) is 18.7 Å². The van der Waals surface area contributed by atoms with E-state index in [1.807, 2.05) is 24.3 Å². The van der Waals surface area contributed by atoms with Crippen LogP contribution in [0.15, 0.2) is 48.8 Å². The van der Waals surface area contributed by atoms with Crippen molar-refractivity contribution in [3.63, 3.8) is 0 Å². The number of para-hydroxylation sites is 1. The molecule has 0 radical (unpaired) electrons. The van der Waals surface area contributed by atoms with Crippen molar-refractivity contribution in [2.75, 3.05) is 17.2 Å². The van der Waals surface area contributed by atoms with Gasteiger partial charge in [-0.15, -0.1) is 0 Å². The Kier molecular flexibility index (Phi) is 5.13. The molecule has 3 rings (SSSR count). The lowest BCUT2D eigenvalue weighted by Crippen LogP contribution is -2.14. The van der Waals surface area contributed by atoms with Crippen molar-refractivity contribution in [2.24, 2.45) is 0 Å². The van der Waals surface area contributed by atoms with E-state index in [4.69, 9.17) is 0 Å². The molecule has 0 aliphatic heterocycles. The number of carbonyl (C=O) groups excluding carboxylic acids is 1. The summed E-state index contributed by atoms with van der Waals surface area (Å²) < 4.78 is 26.0. The first-order chi connectivity index (χ1) is 12.1. The number of amides is 1. The number of carbonyl (C=O) groups is 1. The van der Waals surface area contributed by atoms with Gasteiger partial charge in [-0.2, -0.15) is 0 Å². The standard InChI is InChI=1S/C18H16F2N4O/c19-14-8-7-12(10-15(14)20)24-17(25)6-3-9-21-18-13-4-1-2-5-16(13)22-11-23-18/h1-2,4-5,7-8,10-11H,3,6,9H2,(H,24,25)(H,21,22,23). The van der Waals surface area contributed by atoms with Crippen LogP contribution in [0.5, 0.6) is 0 Å². The Labute approximate surface area is 143 Å². The van der Waals surface area contributed by atoms with Gasteiger partial charge in [-0.3, -0.25) is 4.79 Å². The lowest BCUT2D eigenvalue weighted by Gasteiger charge is -2.08. The summed E-state index contributed by atoms with van der Waals surface area (Å²) >= 11 is 0. The number of hydrogen-bond acceptors (Lipinski definition) is 4. The first-order valence-electron chi connectivity index (χ1n) is 7.82. The highest BCUT2D eigenvalue weighted by Gasteiger charge is 2.07. The second-order valence-corrected chi connectivity index (χ2v) is 5.45. The van der Waals surface area contributed by atoms with Crippen LogP contribution in [0.1, 0.15) is 12.8 Å². The summed E-state index contributed by atoms with van der Waals surface area (Å²) in [5.41, 5.74) is 1.08. The molecule has 128 valence electrons. The minimum atomic E-state index is -0.991. The van der Waals surface area contributed by atoms with Crippen LogP contribution in [0, 0.1) is 11.6 Å². The molecule has 1 heterocycles. The molecule has 3 aromatic rings. The Morgan fingerprint density at radius 3 is 2.72 bits per heavy atom. The number of benzene rings is 2. The SMILES string of the molecule is O=C(CCCNc1ncnc2ccccc12)Nc1ccc(F)c(F)c1. The van der Waals surface area contributed by atoms with E-state index in [-0.39, 0.29) is 18.0 Å². The largest absolute Gasteiger partial charge is 0.369 e. The molecule has 0 bridgehead atoms. The van der Waals surface area contributed by atoms with Gasteiger partial charge < -0.3 is 10.6 Å². The zero-order valence-electron chi connectivity index (χ0n) is 13.3. The monoisotopic (exact) mass is 342 g/mol. The summed E-state index contributed by atoms with van der Waals surface area (Å²) in [7, 11) is 0. The summed E-state index contributed by atoms with van der Waals surface area (Å²) in [5, 5.41) is 6.64. The fraction of sp³-hybridized carbons (Fsp3) is 0.167. The molecule has 0 unspecified atom stereocenters. The van der Waals surface area contributed by atoms with Gasteiger partial charge >= 0.3 is 0 Å². The van der Waals surface area contributed by atoms with Gasteiger partial charge in [-0.1, -0.05) is 12.1 Å². The second kappa shape index (κ2) is 7.65. The third-order valence-electron chi connectivity index (χ3n) is 3.62. The van der Waals surface area contributed by atoms with E-state index in [0.29, 0.717) is 18.8 Å². The molecular weight excluding hydrogens is 326 g/mol. The molecule has 25 heavy (non-hydrogen) atoms. The van der Waals surface area contributed by atoms with E-state index in [1.165, 1.54) is 12.4 Å². The minimum absolute atomic E-state index is 0.235. The van der Waals surface area contributed by atoms with Crippen molar-refractivity contribution in [3.8, 4) is 0 Å². The third-order valence-corrected chi connectivity index (χ3v) is 3.62. The van der Waals surface area contributed by atoms with Crippen LogP contribution in [0.3, 0.4) is 0 Å². The van der Waals surface area contributed by atoms with Crippen LogP contribution in [0.2, 0.25) is 0 Å². The van der Waals surface area contributed by atoms with Crippen molar-refractivity contribution in [2.45, 2.75) is 12.8 Å². The maximum atomic E-state index is 13.1. The molecular formula is C18H16F2N4O. The van der Waals surface area contributed by atoms with Crippen molar-refractivity contribution < 1.29 is 13.6 Å². The van der Waals surface area contributed by atoms with E-state index in [9.17, 15) is 13.6 Å². The summed E-state index contributed by atoms with van der Waals surface area (Å²) in [5.74, 6) is -1.48. The number of fused-ring (bicyclic) bond motifs is 1. The second-order valence-electron chi connectivity index (χ2n) is 5.45. The minimum Gasteiger partial charge on any atom is -0.369 e. The van der Waals surface area contributed by atoms with Gasteiger partial charge in [0, 0.05) is 30.1 Å². The molecule has 7 heteroatoms. The van der Waals surface area contributed by atoms with E-state index in [2.05, 4.69) is 20.6 Å². The zero-order valence-corrected chi connectivity index (χ0v) is 13.3. The Bertz CT molecular complexity index is 896. The molecule has 0 aliphatic carbocycles. The first kappa shape index (κ1) is 16.8. The zero-order chi connectivity index (χ0) is 17.6. The Hall–Kier alpha value is -3.09. The molecule has 1 amide bonds. The smallest absolute Gasteiger partial charge is 0.224 e. The number of nitrogens with zero attached hydrogens (tertiary/aromatic N) is 2.